The molecule has 0 bridgehead atoms. The molecule has 1 aliphatic heterocycles. The topological polar surface area (TPSA) is 70.5 Å². The Kier molecular flexibility index (Phi) is 3.42. The zero-order chi connectivity index (χ0) is 12.4. The number of carbonyl (C=O) groups excluding carboxylic acids is 1. The van der Waals surface area contributed by atoms with Gasteiger partial charge in [-0.1, -0.05) is 0 Å². The van der Waals surface area contributed by atoms with E-state index in [9.17, 15) is 9.59 Å². The molecule has 1 N–H and O–H groups in total. The van der Waals surface area contributed by atoms with E-state index in [0.717, 1.165) is 6.42 Å². The van der Waals surface area contributed by atoms with Crippen LogP contribution in [0, 0.1) is 0 Å². The van der Waals surface area contributed by atoms with Gasteiger partial charge in [0, 0.05) is 23.4 Å². The third-order valence-electron chi connectivity index (χ3n) is 2.75. The van der Waals surface area contributed by atoms with Gasteiger partial charge in [-0.2, -0.15) is 0 Å². The molecule has 0 spiro atoms. The molecule has 2 rings (SSSR count). The number of nitrogens with zero attached hydrogens (tertiary/aromatic N) is 2. The summed E-state index contributed by atoms with van der Waals surface area (Å²) in [6, 6.07) is 0.938. The second kappa shape index (κ2) is 4.83. The second-order valence-electron chi connectivity index (χ2n) is 3.89. The van der Waals surface area contributed by atoms with Gasteiger partial charge in [-0.3, -0.25) is 9.78 Å². The van der Waals surface area contributed by atoms with Gasteiger partial charge in [-0.15, -0.1) is 0 Å². The average molecular weight is 299 g/mol. The first-order valence-electron chi connectivity index (χ1n) is 5.24. The Bertz CT molecular complexity index is 464. The summed E-state index contributed by atoms with van der Waals surface area (Å²) in [6.07, 6.45) is 4.27. The number of pyridine rings is 1. The maximum absolute atomic E-state index is 12.1. The van der Waals surface area contributed by atoms with Crippen LogP contribution < -0.4 is 0 Å². The molecule has 6 heteroatoms. The summed E-state index contributed by atoms with van der Waals surface area (Å²) < 4.78 is 0.703. The smallest absolute Gasteiger partial charge is 0.326 e. The lowest BCUT2D eigenvalue weighted by atomic mass is 10.2. The number of halogens is 1. The zero-order valence-electron chi connectivity index (χ0n) is 8.97. The van der Waals surface area contributed by atoms with Gasteiger partial charge in [0.1, 0.15) is 6.04 Å². The molecule has 0 saturated carbocycles. The molecule has 0 aliphatic carbocycles. The minimum absolute atomic E-state index is 0.274. The largest absolute Gasteiger partial charge is 0.480 e. The van der Waals surface area contributed by atoms with Crippen LogP contribution in [0.25, 0.3) is 0 Å². The first-order valence-corrected chi connectivity index (χ1v) is 6.03. The minimum Gasteiger partial charge on any atom is -0.480 e. The molecular formula is C11H11BrN2O3. The van der Waals surface area contributed by atoms with E-state index >= 15 is 0 Å². The normalized spacial score (nSPS) is 19.4. The molecule has 0 unspecified atom stereocenters. The highest BCUT2D eigenvalue weighted by Gasteiger charge is 2.34. The minimum atomic E-state index is -0.946. The Hall–Kier alpha value is -1.43. The molecule has 5 nitrogen and oxygen atoms in total. The van der Waals surface area contributed by atoms with Crippen molar-refractivity contribution in [3.63, 3.8) is 0 Å². The highest BCUT2D eigenvalue weighted by atomic mass is 79.9. The van der Waals surface area contributed by atoms with Gasteiger partial charge in [-0.25, -0.2) is 4.79 Å². The second-order valence-corrected chi connectivity index (χ2v) is 4.80. The number of amides is 1. The third-order valence-corrected chi connectivity index (χ3v) is 3.18. The van der Waals surface area contributed by atoms with Gasteiger partial charge in [0.2, 0.25) is 0 Å². The number of aromatic nitrogens is 1. The molecule has 1 aromatic rings. The molecule has 1 fully saturated rings. The number of carboxylic acid groups (broad SMARTS) is 1. The Labute approximate surface area is 107 Å². The van der Waals surface area contributed by atoms with Crippen molar-refractivity contribution >= 4 is 27.8 Å². The fourth-order valence-electron chi connectivity index (χ4n) is 1.96. The highest BCUT2D eigenvalue weighted by Crippen LogP contribution is 2.21. The van der Waals surface area contributed by atoms with Crippen LogP contribution in [0.1, 0.15) is 23.2 Å². The molecule has 1 amide bonds. The zero-order valence-corrected chi connectivity index (χ0v) is 10.6. The van der Waals surface area contributed by atoms with Crippen LogP contribution in [0.15, 0.2) is 22.9 Å². The first-order chi connectivity index (χ1) is 8.09. The van der Waals surface area contributed by atoms with Crippen molar-refractivity contribution in [3.05, 3.63) is 28.5 Å². The van der Waals surface area contributed by atoms with E-state index in [2.05, 4.69) is 20.9 Å². The van der Waals surface area contributed by atoms with Crippen LogP contribution in [-0.4, -0.2) is 39.5 Å². The summed E-state index contributed by atoms with van der Waals surface area (Å²) in [7, 11) is 0. The van der Waals surface area contributed by atoms with E-state index in [1.54, 1.807) is 12.3 Å². The van der Waals surface area contributed by atoms with Gasteiger partial charge < -0.3 is 10.0 Å². The van der Waals surface area contributed by atoms with Crippen molar-refractivity contribution < 1.29 is 14.7 Å². The highest BCUT2D eigenvalue weighted by molar-refractivity contribution is 9.10. The van der Waals surface area contributed by atoms with Crippen LogP contribution in [0.2, 0.25) is 0 Å². The number of hydrogen-bond acceptors (Lipinski definition) is 3. The van der Waals surface area contributed by atoms with E-state index in [0.29, 0.717) is 23.0 Å². The van der Waals surface area contributed by atoms with Crippen LogP contribution in [0.5, 0.6) is 0 Å². The number of hydrogen-bond donors (Lipinski definition) is 1. The maximum Gasteiger partial charge on any atom is 0.326 e. The van der Waals surface area contributed by atoms with Crippen LogP contribution in [0.4, 0.5) is 0 Å². The van der Waals surface area contributed by atoms with E-state index < -0.39 is 12.0 Å². The summed E-state index contributed by atoms with van der Waals surface area (Å²) in [4.78, 5) is 28.4. The van der Waals surface area contributed by atoms with Crippen molar-refractivity contribution in [1.29, 1.82) is 0 Å². The van der Waals surface area contributed by atoms with Crippen molar-refractivity contribution in [1.82, 2.24) is 9.88 Å². The SMILES string of the molecule is O=C(O)[C@@H]1CCCN1C(=O)c1cncc(Br)c1. The molecule has 1 aliphatic rings. The summed E-state index contributed by atoms with van der Waals surface area (Å²) in [5, 5.41) is 9.02. The monoisotopic (exact) mass is 298 g/mol. The molecular weight excluding hydrogens is 288 g/mol. The number of carbonyl (C=O) groups is 2. The Balaban J connectivity index is 2.23. The molecule has 1 atom stereocenters. The third kappa shape index (κ3) is 2.46. The molecule has 17 heavy (non-hydrogen) atoms. The molecule has 2 heterocycles. The van der Waals surface area contributed by atoms with Gasteiger partial charge in [0.05, 0.1) is 5.56 Å². The lowest BCUT2D eigenvalue weighted by Crippen LogP contribution is -2.40. The molecule has 1 saturated heterocycles. The van der Waals surface area contributed by atoms with E-state index in [1.165, 1.54) is 11.1 Å². The lowest BCUT2D eigenvalue weighted by molar-refractivity contribution is -0.141. The molecule has 1 aromatic heterocycles. The molecule has 0 aromatic carbocycles. The van der Waals surface area contributed by atoms with Gasteiger partial charge >= 0.3 is 5.97 Å². The summed E-state index contributed by atoms with van der Waals surface area (Å²) in [5.41, 5.74) is 0.410. The number of likely N-dealkylation sites (tertiary alicyclic amines) is 1. The van der Waals surface area contributed by atoms with E-state index in [1.807, 2.05) is 0 Å². The first kappa shape index (κ1) is 12.0. The van der Waals surface area contributed by atoms with Crippen molar-refractivity contribution in [2.75, 3.05) is 6.54 Å². The lowest BCUT2D eigenvalue weighted by Gasteiger charge is -2.21. The predicted octanol–water partition coefficient (Wildman–Crippen LogP) is 1.53. The van der Waals surface area contributed by atoms with Crippen molar-refractivity contribution in [2.24, 2.45) is 0 Å². The number of rotatable bonds is 2. The number of aliphatic carboxylic acids is 1. The Morgan fingerprint density at radius 1 is 1.47 bits per heavy atom. The maximum atomic E-state index is 12.1. The summed E-state index contributed by atoms with van der Waals surface area (Å²) in [6.45, 7) is 0.488. The van der Waals surface area contributed by atoms with Gasteiger partial charge in [0.15, 0.2) is 0 Å². The van der Waals surface area contributed by atoms with Gasteiger partial charge in [0.25, 0.3) is 5.91 Å². The summed E-state index contributed by atoms with van der Waals surface area (Å²) in [5.74, 6) is -1.22. The van der Waals surface area contributed by atoms with Crippen molar-refractivity contribution in [3.8, 4) is 0 Å². The van der Waals surface area contributed by atoms with Crippen LogP contribution in [-0.2, 0) is 4.79 Å². The number of carboxylic acids is 1. The Morgan fingerprint density at radius 2 is 2.24 bits per heavy atom. The fourth-order valence-corrected chi connectivity index (χ4v) is 2.33. The predicted molar refractivity (Wildman–Crippen MR) is 63.6 cm³/mol. The standard InChI is InChI=1S/C11H11BrN2O3/c12-8-4-7(5-13-6-8)10(15)14-3-1-2-9(14)11(16)17/h4-6,9H,1-3H2,(H,16,17)/t9-/m0/s1. The molecule has 90 valence electrons. The Morgan fingerprint density at radius 3 is 2.88 bits per heavy atom. The van der Waals surface area contributed by atoms with Crippen LogP contribution >= 0.6 is 15.9 Å². The summed E-state index contributed by atoms with van der Waals surface area (Å²) >= 11 is 3.23. The quantitative estimate of drug-likeness (QED) is 0.899. The van der Waals surface area contributed by atoms with Crippen LogP contribution in [0.3, 0.4) is 0 Å². The molecule has 0 radical (unpaired) electrons. The van der Waals surface area contributed by atoms with E-state index in [-0.39, 0.29) is 5.91 Å². The fraction of sp³-hybridized carbons (Fsp3) is 0.364. The van der Waals surface area contributed by atoms with Crippen molar-refractivity contribution in [2.45, 2.75) is 18.9 Å². The average Bonchev–Trinajstić information content (AvgIpc) is 2.77. The van der Waals surface area contributed by atoms with E-state index in [4.69, 9.17) is 5.11 Å². The van der Waals surface area contributed by atoms with Gasteiger partial charge in [-0.05, 0) is 34.8 Å².